The van der Waals surface area contributed by atoms with Gasteiger partial charge in [0.2, 0.25) is 0 Å². The lowest BCUT2D eigenvalue weighted by molar-refractivity contribution is -0.134. The number of carboxylic acid groups (broad SMARTS) is 4. The fourth-order valence-electron chi connectivity index (χ4n) is 4.79. The van der Waals surface area contributed by atoms with Crippen LogP contribution in [0.5, 0.6) is 0 Å². The lowest BCUT2D eigenvalue weighted by Gasteiger charge is -2.34. The number of aromatic nitrogens is 2. The Labute approximate surface area is 287 Å². The van der Waals surface area contributed by atoms with Crippen LogP contribution in [0.1, 0.15) is 28.4 Å². The Kier molecular flexibility index (Phi) is 15.6. The third-order valence-corrected chi connectivity index (χ3v) is 7.13. The highest BCUT2D eigenvalue weighted by atomic mass is 16.4. The summed E-state index contributed by atoms with van der Waals surface area (Å²) in [5.41, 5.74) is 3.30. The van der Waals surface area contributed by atoms with E-state index in [1.54, 1.807) is 18.4 Å². The fraction of sp³-hybridized carbons (Fsp3) is 0.222. The quantitative estimate of drug-likeness (QED) is 0.115. The van der Waals surface area contributed by atoms with Gasteiger partial charge in [0.25, 0.3) is 0 Å². The third-order valence-electron chi connectivity index (χ3n) is 7.13. The van der Waals surface area contributed by atoms with Crippen molar-refractivity contribution in [1.82, 2.24) is 19.4 Å². The van der Waals surface area contributed by atoms with Crippen molar-refractivity contribution in [3.63, 3.8) is 0 Å². The summed E-state index contributed by atoms with van der Waals surface area (Å²) >= 11 is 0. The van der Waals surface area contributed by atoms with E-state index in [1.165, 1.54) is 5.56 Å². The molecule has 0 spiro atoms. The van der Waals surface area contributed by atoms with Crippen molar-refractivity contribution in [1.29, 1.82) is 0 Å². The number of hydrogen-bond acceptors (Lipinski definition) is 9. The minimum Gasteiger partial charge on any atom is -0.478 e. The summed E-state index contributed by atoms with van der Waals surface area (Å²) < 4.78 is 7.47. The Morgan fingerprint density at radius 2 is 1.26 bits per heavy atom. The number of benzene rings is 2. The number of para-hydroxylation sites is 2. The van der Waals surface area contributed by atoms with Crippen LogP contribution in [0.4, 0.5) is 0 Å². The van der Waals surface area contributed by atoms with Crippen molar-refractivity contribution in [2.24, 2.45) is 0 Å². The Hall–Kier alpha value is -6.12. The second kappa shape index (κ2) is 20.3. The lowest BCUT2D eigenvalue weighted by Crippen LogP contribution is -2.46. The van der Waals surface area contributed by atoms with E-state index in [1.807, 2.05) is 24.3 Å². The van der Waals surface area contributed by atoms with Gasteiger partial charge in [-0.3, -0.25) is 14.6 Å². The standard InChI is InChI=1S/C28H30N4O2.2C4H4O4/c33-26(27-13-7-21-34-27)14-16-32-25-12-5-4-11-24(25)29-28(32)22-31-19-17-30(18-20-31)15-6-10-23-8-2-1-3-9-23;2*5-3(6)1-2-4(7)8/h1-13,21H,14-20,22H2;2*1-2H,(H,5,6)(H,7,8)/b10-6+;2*2-1-. The largest absolute Gasteiger partial charge is 0.478 e. The van der Waals surface area contributed by atoms with E-state index >= 15 is 0 Å². The van der Waals surface area contributed by atoms with Gasteiger partial charge in [-0.25, -0.2) is 24.2 Å². The molecule has 4 aromatic rings. The summed E-state index contributed by atoms with van der Waals surface area (Å²) in [6.45, 7) is 6.45. The molecule has 14 nitrogen and oxygen atoms in total. The Morgan fingerprint density at radius 1 is 0.700 bits per heavy atom. The number of imidazole rings is 1. The molecule has 0 unspecified atom stereocenters. The van der Waals surface area contributed by atoms with Crippen molar-refractivity contribution in [3.05, 3.63) is 121 Å². The minimum atomic E-state index is -1.26. The summed E-state index contributed by atoms with van der Waals surface area (Å²) in [6, 6.07) is 22.1. The van der Waals surface area contributed by atoms with Gasteiger partial charge in [0.1, 0.15) is 5.82 Å². The highest BCUT2D eigenvalue weighted by Crippen LogP contribution is 2.19. The molecule has 262 valence electrons. The number of furan rings is 1. The molecule has 14 heteroatoms. The second-order valence-corrected chi connectivity index (χ2v) is 10.7. The van der Waals surface area contributed by atoms with Crippen molar-refractivity contribution in [2.75, 3.05) is 32.7 Å². The number of carbonyl (C=O) groups excluding carboxylic acids is 1. The first-order valence-corrected chi connectivity index (χ1v) is 15.5. The average Bonchev–Trinajstić information content (AvgIpc) is 3.76. The molecule has 50 heavy (non-hydrogen) atoms. The molecule has 1 aliphatic heterocycles. The predicted molar refractivity (Wildman–Crippen MR) is 183 cm³/mol. The zero-order chi connectivity index (χ0) is 36.3. The third kappa shape index (κ3) is 13.9. The predicted octanol–water partition coefficient (Wildman–Crippen LogP) is 4.16. The number of piperazine rings is 1. The van der Waals surface area contributed by atoms with E-state index in [2.05, 4.69) is 56.9 Å². The molecule has 2 aromatic heterocycles. The van der Waals surface area contributed by atoms with E-state index in [4.69, 9.17) is 29.8 Å². The molecule has 1 saturated heterocycles. The second-order valence-electron chi connectivity index (χ2n) is 10.7. The summed E-state index contributed by atoms with van der Waals surface area (Å²) in [5.74, 6) is -3.57. The van der Waals surface area contributed by atoms with Crippen LogP contribution in [0.2, 0.25) is 0 Å². The lowest BCUT2D eigenvalue weighted by atomic mass is 10.2. The van der Waals surface area contributed by atoms with Gasteiger partial charge in [-0.05, 0) is 29.8 Å². The zero-order valence-electron chi connectivity index (χ0n) is 27.1. The number of fused-ring (bicyclic) bond motifs is 1. The van der Waals surface area contributed by atoms with Crippen LogP contribution in [-0.4, -0.2) is 102 Å². The van der Waals surface area contributed by atoms with Crippen molar-refractivity contribution < 1.29 is 48.8 Å². The van der Waals surface area contributed by atoms with Crippen LogP contribution in [0.3, 0.4) is 0 Å². The number of Topliss-reactive ketones (excluding diaryl/α,β-unsaturated/α-hetero) is 1. The van der Waals surface area contributed by atoms with Gasteiger partial charge >= 0.3 is 23.9 Å². The van der Waals surface area contributed by atoms with E-state index in [-0.39, 0.29) is 5.78 Å². The molecule has 5 rings (SSSR count). The molecule has 1 aliphatic rings. The molecule has 0 atom stereocenters. The first-order chi connectivity index (χ1) is 24.0. The number of hydrogen-bond donors (Lipinski definition) is 4. The van der Waals surface area contributed by atoms with Crippen molar-refractivity contribution >= 4 is 46.8 Å². The maximum atomic E-state index is 12.5. The Morgan fingerprint density at radius 3 is 1.82 bits per heavy atom. The summed E-state index contributed by atoms with van der Waals surface area (Å²) in [6.07, 6.45) is 8.61. The molecule has 0 bridgehead atoms. The highest BCUT2D eigenvalue weighted by Gasteiger charge is 2.20. The highest BCUT2D eigenvalue weighted by molar-refractivity contribution is 5.93. The number of carboxylic acids is 4. The summed E-state index contributed by atoms with van der Waals surface area (Å²) in [7, 11) is 0. The summed E-state index contributed by atoms with van der Waals surface area (Å²) in [4.78, 5) is 60.6. The Bertz CT molecular complexity index is 1740. The van der Waals surface area contributed by atoms with Crippen molar-refractivity contribution in [2.45, 2.75) is 19.5 Å². The molecule has 0 aliphatic carbocycles. The molecule has 0 saturated carbocycles. The van der Waals surface area contributed by atoms with Crippen LogP contribution >= 0.6 is 0 Å². The molecule has 2 aromatic carbocycles. The monoisotopic (exact) mass is 686 g/mol. The van der Waals surface area contributed by atoms with Gasteiger partial charge < -0.3 is 29.4 Å². The van der Waals surface area contributed by atoms with E-state index in [9.17, 15) is 24.0 Å². The van der Waals surface area contributed by atoms with Gasteiger partial charge in [-0.2, -0.15) is 0 Å². The zero-order valence-corrected chi connectivity index (χ0v) is 27.1. The molecular formula is C36H38N4O10. The molecule has 4 N–H and O–H groups in total. The van der Waals surface area contributed by atoms with Gasteiger partial charge in [0.15, 0.2) is 11.5 Å². The fourth-order valence-corrected chi connectivity index (χ4v) is 4.79. The number of rotatable bonds is 13. The maximum Gasteiger partial charge on any atom is 0.328 e. The molecule has 0 amide bonds. The Balaban J connectivity index is 0.000000352. The number of nitrogens with zero attached hydrogens (tertiary/aromatic N) is 4. The van der Waals surface area contributed by atoms with Crippen LogP contribution in [0, 0.1) is 0 Å². The van der Waals surface area contributed by atoms with E-state index < -0.39 is 23.9 Å². The van der Waals surface area contributed by atoms with Gasteiger partial charge in [-0.1, -0.05) is 54.6 Å². The van der Waals surface area contributed by atoms with Gasteiger partial charge in [-0.15, -0.1) is 0 Å². The summed E-state index contributed by atoms with van der Waals surface area (Å²) in [5, 5.41) is 31.2. The van der Waals surface area contributed by atoms with E-state index in [0.29, 0.717) is 43.0 Å². The molecule has 0 radical (unpaired) electrons. The number of carbonyl (C=O) groups is 5. The number of aryl methyl sites for hydroxylation is 1. The van der Waals surface area contributed by atoms with Crippen LogP contribution < -0.4 is 0 Å². The SMILES string of the molecule is O=C(CCn1c(CN2CCN(C/C=C/c3ccccc3)CC2)nc2ccccc21)c1ccco1.O=C(O)/C=C\C(=O)O.O=C(O)/C=C\C(=O)O. The molecule has 1 fully saturated rings. The number of ketones is 1. The van der Waals surface area contributed by atoms with E-state index in [0.717, 1.165) is 56.1 Å². The molecule has 3 heterocycles. The minimum absolute atomic E-state index is 0.0194. The molecular weight excluding hydrogens is 648 g/mol. The normalized spacial score (nSPS) is 13.5. The average molecular weight is 687 g/mol. The maximum absolute atomic E-state index is 12.5. The van der Waals surface area contributed by atoms with Gasteiger partial charge in [0, 0.05) is 70.0 Å². The first-order valence-electron chi connectivity index (χ1n) is 15.5. The van der Waals surface area contributed by atoms with Crippen LogP contribution in [-0.2, 0) is 32.3 Å². The number of aliphatic carboxylic acids is 4. The van der Waals surface area contributed by atoms with Crippen LogP contribution in [0.25, 0.3) is 17.1 Å². The van der Waals surface area contributed by atoms with Crippen molar-refractivity contribution in [3.8, 4) is 0 Å². The first kappa shape index (κ1) is 38.3. The topological polar surface area (TPSA) is 204 Å². The smallest absolute Gasteiger partial charge is 0.328 e. The van der Waals surface area contributed by atoms with Gasteiger partial charge in [0.05, 0.1) is 23.8 Å². The van der Waals surface area contributed by atoms with Crippen LogP contribution in [0.15, 0.2) is 108 Å².